The zero-order valence-electron chi connectivity index (χ0n) is 18.0. The van der Waals surface area contributed by atoms with Gasteiger partial charge in [-0.2, -0.15) is 0 Å². The number of nitrogens with two attached hydrogens (primary N) is 1. The molecule has 0 unspecified atom stereocenters. The summed E-state index contributed by atoms with van der Waals surface area (Å²) in [4.78, 5) is 9.51. The molecule has 0 bridgehead atoms. The van der Waals surface area contributed by atoms with Crippen LogP contribution in [0.25, 0.3) is 23.1 Å². The van der Waals surface area contributed by atoms with Gasteiger partial charge in [-0.1, -0.05) is 29.8 Å². The maximum atomic E-state index is 6.05. The smallest absolute Gasteiger partial charge is 0.154 e. The standard InChI is InChI=1S/C24H27ClN4O.2ClH/c1-30-20-11-12-22-21(14-20)24(27-15-17-4-9-19(26)10-5-17)29-23(28-22)13-6-16-2-7-18(25)8-3-16;;/h2-3,6-8,11-14,17,19H,4-5,9-10,15,26H2,1H3,(H,27,28,29);2*1H/b13-6+;;. The van der Waals surface area contributed by atoms with Crippen LogP contribution in [0.15, 0.2) is 42.5 Å². The molecule has 1 fully saturated rings. The first-order valence-electron chi connectivity index (χ1n) is 10.4. The number of nitrogens with one attached hydrogen (secondary N) is 1. The number of fused-ring (bicyclic) bond motifs is 1. The topological polar surface area (TPSA) is 73.1 Å². The predicted molar refractivity (Wildman–Crippen MR) is 139 cm³/mol. The summed E-state index contributed by atoms with van der Waals surface area (Å²) in [5.74, 6) is 2.91. The van der Waals surface area contributed by atoms with Crippen LogP contribution >= 0.6 is 36.4 Å². The number of hydrogen-bond donors (Lipinski definition) is 2. The molecular formula is C24H29Cl3N4O. The van der Waals surface area contributed by atoms with Crippen LogP contribution in [-0.2, 0) is 0 Å². The van der Waals surface area contributed by atoms with E-state index < -0.39 is 0 Å². The summed E-state index contributed by atoms with van der Waals surface area (Å²) in [6.45, 7) is 0.885. The summed E-state index contributed by atoms with van der Waals surface area (Å²) in [6, 6.07) is 13.9. The number of nitrogens with zero attached hydrogens (tertiary/aromatic N) is 2. The van der Waals surface area contributed by atoms with E-state index in [0.717, 1.165) is 65.3 Å². The van der Waals surface area contributed by atoms with Gasteiger partial charge in [-0.3, -0.25) is 0 Å². The molecule has 2 aromatic carbocycles. The Morgan fingerprint density at radius 3 is 2.44 bits per heavy atom. The quantitative estimate of drug-likeness (QED) is 0.424. The number of hydrogen-bond acceptors (Lipinski definition) is 5. The normalized spacial score (nSPS) is 18.1. The SMILES string of the molecule is COc1ccc2nc(/C=C/c3ccc(Cl)cc3)nc(NCC3CCC(N)CC3)c2c1.Cl.Cl. The number of halogens is 3. The minimum atomic E-state index is 0. The van der Waals surface area contributed by atoms with Gasteiger partial charge in [-0.25, -0.2) is 9.97 Å². The van der Waals surface area contributed by atoms with Crippen LogP contribution in [-0.4, -0.2) is 29.7 Å². The largest absolute Gasteiger partial charge is 0.497 e. The number of anilines is 1. The van der Waals surface area contributed by atoms with Gasteiger partial charge in [0.25, 0.3) is 0 Å². The zero-order chi connectivity index (χ0) is 20.9. The van der Waals surface area contributed by atoms with Gasteiger partial charge in [0.2, 0.25) is 0 Å². The van der Waals surface area contributed by atoms with Crippen molar-refractivity contribution in [3.63, 3.8) is 0 Å². The monoisotopic (exact) mass is 494 g/mol. The molecular weight excluding hydrogens is 467 g/mol. The summed E-state index contributed by atoms with van der Waals surface area (Å²) < 4.78 is 5.41. The predicted octanol–water partition coefficient (Wildman–Crippen LogP) is 6.24. The van der Waals surface area contributed by atoms with Gasteiger partial charge in [-0.05, 0) is 73.6 Å². The molecule has 1 aliphatic carbocycles. The lowest BCUT2D eigenvalue weighted by Crippen LogP contribution is -2.29. The molecule has 0 aliphatic heterocycles. The van der Waals surface area contributed by atoms with Crippen molar-refractivity contribution in [1.82, 2.24) is 9.97 Å². The first-order valence-corrected chi connectivity index (χ1v) is 10.8. The molecule has 3 aromatic rings. The van der Waals surface area contributed by atoms with E-state index in [1.165, 1.54) is 0 Å². The Morgan fingerprint density at radius 1 is 1.03 bits per heavy atom. The lowest BCUT2D eigenvalue weighted by Gasteiger charge is -2.26. The third kappa shape index (κ3) is 6.72. The molecule has 5 nitrogen and oxygen atoms in total. The number of ether oxygens (including phenoxy) is 1. The highest BCUT2D eigenvalue weighted by atomic mass is 35.5. The Balaban J connectivity index is 0.00000181. The Morgan fingerprint density at radius 2 is 1.75 bits per heavy atom. The number of methoxy groups -OCH3 is 1. The Labute approximate surface area is 206 Å². The van der Waals surface area contributed by atoms with E-state index in [1.54, 1.807) is 7.11 Å². The molecule has 1 aliphatic rings. The van der Waals surface area contributed by atoms with Crippen molar-refractivity contribution in [2.45, 2.75) is 31.7 Å². The van der Waals surface area contributed by atoms with Gasteiger partial charge < -0.3 is 15.8 Å². The summed E-state index contributed by atoms with van der Waals surface area (Å²) in [7, 11) is 1.67. The molecule has 0 atom stereocenters. The summed E-state index contributed by atoms with van der Waals surface area (Å²) in [6.07, 6.45) is 8.43. The van der Waals surface area contributed by atoms with E-state index in [0.29, 0.717) is 17.8 Å². The summed E-state index contributed by atoms with van der Waals surface area (Å²) >= 11 is 5.97. The Hall–Kier alpha value is -2.05. The van der Waals surface area contributed by atoms with E-state index in [9.17, 15) is 0 Å². The second kappa shape index (κ2) is 12.3. The fraction of sp³-hybridized carbons (Fsp3) is 0.333. The first kappa shape index (κ1) is 26.2. The van der Waals surface area contributed by atoms with E-state index in [-0.39, 0.29) is 24.8 Å². The highest BCUT2D eigenvalue weighted by molar-refractivity contribution is 6.30. The molecule has 0 spiro atoms. The van der Waals surface area contributed by atoms with Gasteiger partial charge in [0, 0.05) is 23.0 Å². The van der Waals surface area contributed by atoms with Crippen LogP contribution in [0.1, 0.15) is 37.1 Å². The van der Waals surface area contributed by atoms with Gasteiger partial charge >= 0.3 is 0 Å². The second-order valence-corrected chi connectivity index (χ2v) is 8.30. The number of rotatable bonds is 6. The van der Waals surface area contributed by atoms with Crippen LogP contribution in [0, 0.1) is 5.92 Å². The van der Waals surface area contributed by atoms with E-state index in [4.69, 9.17) is 32.0 Å². The highest BCUT2D eigenvalue weighted by Gasteiger charge is 2.19. The minimum Gasteiger partial charge on any atom is -0.497 e. The average molecular weight is 496 g/mol. The fourth-order valence-corrected chi connectivity index (χ4v) is 3.97. The third-order valence-electron chi connectivity index (χ3n) is 5.66. The maximum absolute atomic E-state index is 6.05. The fourth-order valence-electron chi connectivity index (χ4n) is 3.84. The molecule has 172 valence electrons. The molecule has 1 heterocycles. The van der Waals surface area contributed by atoms with Crippen molar-refractivity contribution < 1.29 is 4.74 Å². The molecule has 1 saturated carbocycles. The van der Waals surface area contributed by atoms with Crippen molar-refractivity contribution in [2.75, 3.05) is 19.0 Å². The Kier molecular flexibility index (Phi) is 10.0. The van der Waals surface area contributed by atoms with Crippen LogP contribution in [0.3, 0.4) is 0 Å². The first-order chi connectivity index (χ1) is 14.6. The van der Waals surface area contributed by atoms with Crippen LogP contribution in [0.5, 0.6) is 5.75 Å². The molecule has 1 aromatic heterocycles. The second-order valence-electron chi connectivity index (χ2n) is 7.86. The van der Waals surface area contributed by atoms with Gasteiger partial charge in [0.15, 0.2) is 5.82 Å². The van der Waals surface area contributed by atoms with Crippen molar-refractivity contribution in [1.29, 1.82) is 0 Å². The summed E-state index contributed by atoms with van der Waals surface area (Å²) in [5, 5.41) is 5.25. The maximum Gasteiger partial charge on any atom is 0.154 e. The van der Waals surface area contributed by atoms with Crippen molar-refractivity contribution >= 4 is 65.3 Å². The molecule has 0 radical (unpaired) electrons. The molecule has 32 heavy (non-hydrogen) atoms. The van der Waals surface area contributed by atoms with Crippen LogP contribution in [0.2, 0.25) is 5.02 Å². The highest BCUT2D eigenvalue weighted by Crippen LogP contribution is 2.28. The lowest BCUT2D eigenvalue weighted by atomic mass is 9.86. The minimum absolute atomic E-state index is 0. The molecule has 4 rings (SSSR count). The Bertz CT molecular complexity index is 1040. The van der Waals surface area contributed by atoms with Crippen LogP contribution in [0.4, 0.5) is 5.82 Å². The van der Waals surface area contributed by atoms with Crippen LogP contribution < -0.4 is 15.8 Å². The molecule has 0 amide bonds. The average Bonchev–Trinajstić information content (AvgIpc) is 2.78. The molecule has 3 N–H and O–H groups in total. The summed E-state index contributed by atoms with van der Waals surface area (Å²) in [5.41, 5.74) is 7.98. The molecule has 8 heteroatoms. The molecule has 0 saturated heterocycles. The van der Waals surface area contributed by atoms with Gasteiger partial charge in [0.05, 0.1) is 12.6 Å². The van der Waals surface area contributed by atoms with Crippen molar-refractivity contribution in [2.24, 2.45) is 11.7 Å². The van der Waals surface area contributed by atoms with Crippen molar-refractivity contribution in [3.8, 4) is 5.75 Å². The number of aromatic nitrogens is 2. The number of benzene rings is 2. The van der Waals surface area contributed by atoms with Gasteiger partial charge in [0.1, 0.15) is 11.6 Å². The van der Waals surface area contributed by atoms with Crippen molar-refractivity contribution in [3.05, 3.63) is 58.9 Å². The lowest BCUT2D eigenvalue weighted by molar-refractivity contribution is 0.338. The van der Waals surface area contributed by atoms with E-state index in [1.807, 2.05) is 54.6 Å². The van der Waals surface area contributed by atoms with E-state index in [2.05, 4.69) is 5.32 Å². The zero-order valence-corrected chi connectivity index (χ0v) is 20.3. The third-order valence-corrected chi connectivity index (χ3v) is 5.92. The van der Waals surface area contributed by atoms with Gasteiger partial charge in [-0.15, -0.1) is 24.8 Å². The van der Waals surface area contributed by atoms with E-state index >= 15 is 0 Å².